The number of carbonyl (C=O) groups excluding carboxylic acids is 1. The van der Waals surface area contributed by atoms with Crippen LogP contribution in [0.4, 0.5) is 0 Å². The number of hydrogen-bond donors (Lipinski definition) is 10. The van der Waals surface area contributed by atoms with Crippen LogP contribution in [0.25, 0.3) is 0 Å². The molecular weight excluding hydrogens is 836 g/mol. The van der Waals surface area contributed by atoms with E-state index in [-0.39, 0.29) is 47.2 Å². The lowest BCUT2D eigenvalue weighted by atomic mass is 9.33. The Morgan fingerprint density at radius 3 is 2.06 bits per heavy atom. The SMILES string of the molecule is CC=C(C)C(=O)OC1CC(C)(C)CC2C3=CCC4C5(C)CCC(OC6OC(C(=O)O)C(O)C(OC7OC(CO)C(O)C(O)C7O)C6O)C(C)(CO)C5CCC4(C)C3(C)CC(O)C12CO. The molecule has 0 spiro atoms. The fourth-order valence-corrected chi connectivity index (χ4v) is 14.4. The molecular formula is C47H74O17. The van der Waals surface area contributed by atoms with Crippen molar-refractivity contribution in [2.24, 2.45) is 50.2 Å². The minimum absolute atomic E-state index is 0.0788. The Bertz CT molecular complexity index is 1820. The summed E-state index contributed by atoms with van der Waals surface area (Å²) < 4.78 is 29.6. The molecule has 17 nitrogen and oxygen atoms in total. The van der Waals surface area contributed by atoms with Crippen molar-refractivity contribution in [3.63, 3.8) is 0 Å². The highest BCUT2D eigenvalue weighted by atomic mass is 16.7. The van der Waals surface area contributed by atoms with Gasteiger partial charge in [0.2, 0.25) is 0 Å². The van der Waals surface area contributed by atoms with Crippen LogP contribution in [0.2, 0.25) is 0 Å². The van der Waals surface area contributed by atoms with Gasteiger partial charge in [-0.2, -0.15) is 0 Å². The first-order valence-electron chi connectivity index (χ1n) is 23.2. The predicted molar refractivity (Wildman–Crippen MR) is 225 cm³/mol. The average Bonchev–Trinajstić information content (AvgIpc) is 3.23. The van der Waals surface area contributed by atoms with Gasteiger partial charge in [0, 0.05) is 11.0 Å². The highest BCUT2D eigenvalue weighted by Gasteiger charge is 2.72. The average molecular weight is 911 g/mol. The van der Waals surface area contributed by atoms with Crippen LogP contribution in [0, 0.1) is 50.2 Å². The second-order valence-electron chi connectivity index (χ2n) is 22.1. The topological polar surface area (TPSA) is 283 Å². The van der Waals surface area contributed by atoms with Crippen molar-refractivity contribution in [3.05, 3.63) is 23.3 Å². The molecule has 6 fully saturated rings. The number of carboxylic acids is 1. The fraction of sp³-hybridized carbons (Fsp3) is 0.872. The predicted octanol–water partition coefficient (Wildman–Crippen LogP) is 1.31. The Kier molecular flexibility index (Phi) is 13.6. The maximum absolute atomic E-state index is 13.3. The molecule has 5 aliphatic carbocycles. The van der Waals surface area contributed by atoms with Crippen LogP contribution in [-0.2, 0) is 33.3 Å². The third-order valence-corrected chi connectivity index (χ3v) is 18.4. The lowest BCUT2D eigenvalue weighted by Crippen LogP contribution is -2.70. The summed E-state index contributed by atoms with van der Waals surface area (Å²) in [6, 6.07) is 0. The Morgan fingerprint density at radius 2 is 1.45 bits per heavy atom. The van der Waals surface area contributed by atoms with Gasteiger partial charge in [-0.05, 0) is 105 Å². The number of aliphatic carboxylic acids is 1. The summed E-state index contributed by atoms with van der Waals surface area (Å²) in [5, 5.41) is 109. The standard InChI is InChI=1S/C47H74O17/c1-9-22(2)39(59)61-30-18-42(3,4)16-24-23-10-11-27-43(5)14-13-29(44(6,20-49)26(43)12-15-45(27,7)46(23,8)17-28(51)47(24,30)21-50)62-41-35(56)36(34(55)37(64-41)38(57)58)63-40-33(54)32(53)31(52)25(19-48)60-40/h9-10,24-37,40-41,48-56H,11-21H2,1-8H3,(H,57,58). The molecule has 21 unspecified atom stereocenters. The van der Waals surface area contributed by atoms with E-state index >= 15 is 0 Å². The van der Waals surface area contributed by atoms with Gasteiger partial charge in [-0.15, -0.1) is 0 Å². The summed E-state index contributed by atoms with van der Waals surface area (Å²) in [5.74, 6) is -2.36. The van der Waals surface area contributed by atoms with Gasteiger partial charge in [-0.25, -0.2) is 9.59 Å². The number of aliphatic hydroxyl groups is 9. The van der Waals surface area contributed by atoms with E-state index in [2.05, 4.69) is 40.7 Å². The molecule has 2 heterocycles. The summed E-state index contributed by atoms with van der Waals surface area (Å²) in [4.78, 5) is 25.7. The highest BCUT2D eigenvalue weighted by molar-refractivity contribution is 5.87. The van der Waals surface area contributed by atoms with Crippen LogP contribution in [0.5, 0.6) is 0 Å². The molecule has 0 radical (unpaired) electrons. The number of hydrogen-bond acceptors (Lipinski definition) is 16. The van der Waals surface area contributed by atoms with Gasteiger partial charge >= 0.3 is 11.9 Å². The molecule has 0 aromatic rings. The molecule has 0 amide bonds. The molecule has 7 rings (SSSR count). The van der Waals surface area contributed by atoms with Gasteiger partial charge < -0.3 is 74.7 Å². The molecule has 10 N–H and O–H groups in total. The quantitative estimate of drug-likeness (QED) is 0.0640. The Hall–Kier alpha value is -2.10. The van der Waals surface area contributed by atoms with Crippen molar-refractivity contribution < 1.29 is 84.3 Å². The molecule has 7 aliphatic rings. The second kappa shape index (κ2) is 17.5. The molecule has 2 aliphatic heterocycles. The normalized spacial score (nSPS) is 51.4. The number of carbonyl (C=O) groups is 2. The summed E-state index contributed by atoms with van der Waals surface area (Å²) in [5.41, 5.74) is -1.84. The van der Waals surface area contributed by atoms with Gasteiger partial charge in [-0.1, -0.05) is 59.3 Å². The highest BCUT2D eigenvalue weighted by Crippen LogP contribution is 2.76. The molecule has 21 atom stereocenters. The number of rotatable bonds is 10. The van der Waals surface area contributed by atoms with Gasteiger partial charge in [-0.3, -0.25) is 0 Å². The van der Waals surface area contributed by atoms with Crippen molar-refractivity contribution in [3.8, 4) is 0 Å². The van der Waals surface area contributed by atoms with Crippen molar-refractivity contribution in [2.45, 2.75) is 186 Å². The summed E-state index contributed by atoms with van der Waals surface area (Å²) >= 11 is 0. The van der Waals surface area contributed by atoms with Crippen LogP contribution in [0.15, 0.2) is 23.3 Å². The maximum atomic E-state index is 13.3. The smallest absolute Gasteiger partial charge is 0.335 e. The van der Waals surface area contributed by atoms with Crippen LogP contribution in [-0.4, -0.2) is 163 Å². The lowest BCUT2D eigenvalue weighted by Gasteiger charge is -2.72. The van der Waals surface area contributed by atoms with Crippen LogP contribution >= 0.6 is 0 Å². The van der Waals surface area contributed by atoms with E-state index in [1.54, 1.807) is 19.9 Å². The molecule has 0 aromatic heterocycles. The summed E-state index contributed by atoms with van der Waals surface area (Å²) in [6.07, 6.45) is -11.7. The van der Waals surface area contributed by atoms with E-state index in [1.807, 2.05) is 6.92 Å². The van der Waals surface area contributed by atoms with Crippen molar-refractivity contribution >= 4 is 11.9 Å². The number of ether oxygens (including phenoxy) is 5. The van der Waals surface area contributed by atoms with Gasteiger partial charge in [0.05, 0.1) is 37.4 Å². The van der Waals surface area contributed by atoms with E-state index in [0.717, 1.165) is 6.42 Å². The van der Waals surface area contributed by atoms with Crippen molar-refractivity contribution in [1.82, 2.24) is 0 Å². The molecule has 364 valence electrons. The summed E-state index contributed by atoms with van der Waals surface area (Å²) in [6.45, 7) is 15.1. The molecule has 0 aromatic carbocycles. The van der Waals surface area contributed by atoms with E-state index in [1.165, 1.54) is 5.57 Å². The lowest BCUT2D eigenvalue weighted by molar-refractivity contribution is -0.366. The van der Waals surface area contributed by atoms with Crippen LogP contribution < -0.4 is 0 Å². The zero-order valence-corrected chi connectivity index (χ0v) is 38.5. The third-order valence-electron chi connectivity index (χ3n) is 18.4. The van der Waals surface area contributed by atoms with E-state index < -0.39 is 115 Å². The fourth-order valence-electron chi connectivity index (χ4n) is 14.4. The van der Waals surface area contributed by atoms with E-state index in [9.17, 15) is 60.7 Å². The largest absolute Gasteiger partial charge is 0.479 e. The second-order valence-corrected chi connectivity index (χ2v) is 22.1. The van der Waals surface area contributed by atoms with Crippen LogP contribution in [0.1, 0.15) is 107 Å². The third kappa shape index (κ3) is 7.46. The number of esters is 1. The van der Waals surface area contributed by atoms with E-state index in [0.29, 0.717) is 50.5 Å². The number of carboxylic acid groups (broad SMARTS) is 1. The Morgan fingerprint density at radius 1 is 0.781 bits per heavy atom. The number of fused-ring (bicyclic) bond motifs is 7. The van der Waals surface area contributed by atoms with Crippen LogP contribution in [0.3, 0.4) is 0 Å². The zero-order valence-electron chi connectivity index (χ0n) is 38.5. The molecule has 0 bridgehead atoms. The minimum atomic E-state index is -2.01. The number of allylic oxidation sites excluding steroid dienone is 3. The molecule has 17 heteroatoms. The van der Waals surface area contributed by atoms with Crippen molar-refractivity contribution in [1.29, 1.82) is 0 Å². The van der Waals surface area contributed by atoms with Crippen molar-refractivity contribution in [2.75, 3.05) is 19.8 Å². The zero-order chi connectivity index (χ0) is 47.3. The first-order chi connectivity index (χ1) is 29.8. The monoisotopic (exact) mass is 910 g/mol. The maximum Gasteiger partial charge on any atom is 0.335 e. The van der Waals surface area contributed by atoms with Gasteiger partial charge in [0.25, 0.3) is 0 Å². The molecule has 4 saturated carbocycles. The number of aliphatic hydroxyl groups excluding tert-OH is 9. The van der Waals surface area contributed by atoms with Gasteiger partial charge in [0.1, 0.15) is 48.8 Å². The summed E-state index contributed by atoms with van der Waals surface area (Å²) in [7, 11) is 0. The molecule has 2 saturated heterocycles. The van der Waals surface area contributed by atoms with Gasteiger partial charge in [0.15, 0.2) is 18.7 Å². The Balaban J connectivity index is 1.17. The first-order valence-corrected chi connectivity index (χ1v) is 23.2. The molecule has 64 heavy (non-hydrogen) atoms. The first kappa shape index (κ1) is 49.8. The minimum Gasteiger partial charge on any atom is -0.479 e. The van der Waals surface area contributed by atoms with E-state index in [4.69, 9.17) is 23.7 Å². The Labute approximate surface area is 375 Å².